The third-order valence-electron chi connectivity index (χ3n) is 3.97. The molecule has 22 heavy (non-hydrogen) atoms. The number of carbonyl (C=O) groups excluding carboxylic acids is 1. The Labute approximate surface area is 132 Å². The van der Waals surface area contributed by atoms with Gasteiger partial charge in [-0.3, -0.25) is 0 Å². The van der Waals surface area contributed by atoms with Crippen molar-refractivity contribution in [2.45, 2.75) is 39.2 Å². The van der Waals surface area contributed by atoms with E-state index in [4.69, 9.17) is 10.5 Å². The van der Waals surface area contributed by atoms with E-state index in [0.717, 1.165) is 25.1 Å². The second-order valence-corrected chi connectivity index (χ2v) is 6.29. The predicted octanol–water partition coefficient (Wildman–Crippen LogP) is 2.50. The maximum atomic E-state index is 12.1. The van der Waals surface area contributed by atoms with Crippen LogP contribution in [0.2, 0.25) is 0 Å². The summed E-state index contributed by atoms with van der Waals surface area (Å²) < 4.78 is 5.31. The number of rotatable bonds is 4. The van der Waals surface area contributed by atoms with Gasteiger partial charge in [-0.1, -0.05) is 13.3 Å². The average molecular weight is 306 g/mol. The summed E-state index contributed by atoms with van der Waals surface area (Å²) in [6, 6.07) is 3.77. The van der Waals surface area contributed by atoms with Gasteiger partial charge in [0.25, 0.3) is 0 Å². The zero-order chi connectivity index (χ0) is 16.2. The quantitative estimate of drug-likeness (QED) is 0.865. The first-order valence-electron chi connectivity index (χ1n) is 7.85. The number of carbonyl (C=O) groups is 1. The van der Waals surface area contributed by atoms with E-state index < -0.39 is 0 Å². The van der Waals surface area contributed by atoms with Gasteiger partial charge < -0.3 is 20.3 Å². The highest BCUT2D eigenvalue weighted by atomic mass is 16.6. The smallest absolute Gasteiger partial charge is 0.409 e. The fraction of sp³-hybridized carbons (Fsp3) is 0.625. The zero-order valence-corrected chi connectivity index (χ0v) is 13.7. The highest BCUT2D eigenvalue weighted by molar-refractivity contribution is 5.68. The van der Waals surface area contributed by atoms with E-state index in [9.17, 15) is 4.79 Å². The molecule has 0 aromatic carbocycles. The Morgan fingerprint density at radius 3 is 2.77 bits per heavy atom. The normalized spacial score (nSPS) is 17.4. The van der Waals surface area contributed by atoms with Gasteiger partial charge in [-0.25, -0.2) is 9.78 Å². The Balaban J connectivity index is 2.00. The molecule has 1 aliphatic heterocycles. The molecule has 1 saturated heterocycles. The van der Waals surface area contributed by atoms with Gasteiger partial charge in [0.05, 0.1) is 24.0 Å². The number of piperazine rings is 1. The summed E-state index contributed by atoms with van der Waals surface area (Å²) >= 11 is 0. The van der Waals surface area contributed by atoms with E-state index in [1.165, 1.54) is 0 Å². The molecule has 0 unspecified atom stereocenters. The van der Waals surface area contributed by atoms with Crippen LogP contribution in [0.15, 0.2) is 18.3 Å². The van der Waals surface area contributed by atoms with Crippen molar-refractivity contribution in [2.24, 2.45) is 0 Å². The molecule has 1 aromatic rings. The third kappa shape index (κ3) is 3.81. The van der Waals surface area contributed by atoms with Gasteiger partial charge in [0.2, 0.25) is 0 Å². The number of aromatic nitrogens is 1. The molecule has 122 valence electrons. The van der Waals surface area contributed by atoms with Gasteiger partial charge in [-0.2, -0.15) is 0 Å². The van der Waals surface area contributed by atoms with E-state index in [-0.39, 0.29) is 11.6 Å². The molecule has 2 heterocycles. The highest BCUT2D eigenvalue weighted by Crippen LogP contribution is 2.28. The molecule has 2 N–H and O–H groups in total. The Morgan fingerprint density at radius 2 is 2.18 bits per heavy atom. The number of amides is 1. The van der Waals surface area contributed by atoms with Crippen LogP contribution in [-0.2, 0) is 4.74 Å². The van der Waals surface area contributed by atoms with Crippen molar-refractivity contribution in [2.75, 3.05) is 36.9 Å². The lowest BCUT2D eigenvalue weighted by atomic mass is 9.98. The molecule has 0 aliphatic carbocycles. The molecule has 6 heteroatoms. The number of nitrogen functional groups attached to an aromatic ring is 1. The Kier molecular flexibility index (Phi) is 5.11. The van der Waals surface area contributed by atoms with Gasteiger partial charge in [0, 0.05) is 19.6 Å². The monoisotopic (exact) mass is 306 g/mol. The SMILES string of the molecule is CCCCOC(=O)N1CCN(c2ccc(N)nc2)C(C)(C)C1. The molecular weight excluding hydrogens is 280 g/mol. The second kappa shape index (κ2) is 6.85. The van der Waals surface area contributed by atoms with Crippen molar-refractivity contribution in [3.63, 3.8) is 0 Å². The van der Waals surface area contributed by atoms with E-state index in [1.807, 2.05) is 6.07 Å². The summed E-state index contributed by atoms with van der Waals surface area (Å²) in [5, 5.41) is 0. The highest BCUT2D eigenvalue weighted by Gasteiger charge is 2.36. The number of hydrogen-bond acceptors (Lipinski definition) is 5. The fourth-order valence-electron chi connectivity index (χ4n) is 2.74. The van der Waals surface area contributed by atoms with E-state index >= 15 is 0 Å². The van der Waals surface area contributed by atoms with Crippen molar-refractivity contribution in [3.05, 3.63) is 18.3 Å². The first-order valence-corrected chi connectivity index (χ1v) is 7.85. The molecular formula is C16H26N4O2. The summed E-state index contributed by atoms with van der Waals surface area (Å²) in [6.45, 7) is 8.85. The third-order valence-corrected chi connectivity index (χ3v) is 3.97. The van der Waals surface area contributed by atoms with E-state index in [1.54, 1.807) is 17.2 Å². The lowest BCUT2D eigenvalue weighted by Crippen LogP contribution is -2.60. The molecule has 0 saturated carbocycles. The van der Waals surface area contributed by atoms with Crippen molar-refractivity contribution in [1.82, 2.24) is 9.88 Å². The van der Waals surface area contributed by atoms with Gasteiger partial charge in [-0.15, -0.1) is 0 Å². The van der Waals surface area contributed by atoms with Crippen LogP contribution in [0.5, 0.6) is 0 Å². The van der Waals surface area contributed by atoms with Crippen molar-refractivity contribution < 1.29 is 9.53 Å². The Bertz CT molecular complexity index is 501. The molecule has 0 atom stereocenters. The molecule has 1 amide bonds. The summed E-state index contributed by atoms with van der Waals surface area (Å²) in [6.07, 6.45) is 3.51. The first kappa shape index (κ1) is 16.4. The minimum atomic E-state index is -0.211. The van der Waals surface area contributed by atoms with Crippen LogP contribution in [0.25, 0.3) is 0 Å². The standard InChI is InChI=1S/C16H26N4O2/c1-4-5-10-22-15(21)19-8-9-20(16(2,3)12-19)13-6-7-14(17)18-11-13/h6-7,11H,4-5,8-10,12H2,1-3H3,(H2,17,18). The van der Waals surface area contributed by atoms with Gasteiger partial charge >= 0.3 is 6.09 Å². The summed E-state index contributed by atoms with van der Waals surface area (Å²) in [7, 11) is 0. The van der Waals surface area contributed by atoms with Crippen LogP contribution >= 0.6 is 0 Å². The number of nitrogens with zero attached hydrogens (tertiary/aromatic N) is 3. The molecule has 1 fully saturated rings. The largest absolute Gasteiger partial charge is 0.449 e. The number of hydrogen-bond donors (Lipinski definition) is 1. The molecule has 0 radical (unpaired) electrons. The molecule has 1 aliphatic rings. The molecule has 0 bridgehead atoms. The van der Waals surface area contributed by atoms with Crippen molar-refractivity contribution in [3.8, 4) is 0 Å². The van der Waals surface area contributed by atoms with Gasteiger partial charge in [0.15, 0.2) is 0 Å². The number of pyridine rings is 1. The first-order chi connectivity index (χ1) is 10.4. The van der Waals surface area contributed by atoms with Crippen molar-refractivity contribution in [1.29, 1.82) is 0 Å². The Morgan fingerprint density at radius 1 is 1.41 bits per heavy atom. The predicted molar refractivity (Wildman–Crippen MR) is 87.9 cm³/mol. The number of nitrogens with two attached hydrogens (primary N) is 1. The van der Waals surface area contributed by atoms with Crippen LogP contribution in [0.3, 0.4) is 0 Å². The fourth-order valence-corrected chi connectivity index (χ4v) is 2.74. The maximum Gasteiger partial charge on any atom is 0.409 e. The molecule has 1 aromatic heterocycles. The number of anilines is 2. The summed E-state index contributed by atoms with van der Waals surface area (Å²) in [4.78, 5) is 20.3. The van der Waals surface area contributed by atoms with Crippen LogP contribution in [0, 0.1) is 0 Å². The van der Waals surface area contributed by atoms with E-state index in [0.29, 0.717) is 25.5 Å². The second-order valence-electron chi connectivity index (χ2n) is 6.29. The molecule has 2 rings (SSSR count). The summed E-state index contributed by atoms with van der Waals surface area (Å²) in [5.74, 6) is 0.514. The minimum Gasteiger partial charge on any atom is -0.449 e. The average Bonchev–Trinajstić information content (AvgIpc) is 2.47. The van der Waals surface area contributed by atoms with Gasteiger partial charge in [0.1, 0.15) is 5.82 Å². The van der Waals surface area contributed by atoms with Crippen LogP contribution in [-0.4, -0.2) is 47.8 Å². The van der Waals surface area contributed by atoms with Gasteiger partial charge in [-0.05, 0) is 32.4 Å². The van der Waals surface area contributed by atoms with Crippen LogP contribution in [0.4, 0.5) is 16.3 Å². The topological polar surface area (TPSA) is 71.7 Å². The zero-order valence-electron chi connectivity index (χ0n) is 13.7. The lowest BCUT2D eigenvalue weighted by molar-refractivity contribution is 0.0859. The number of ether oxygens (including phenoxy) is 1. The maximum absolute atomic E-state index is 12.1. The van der Waals surface area contributed by atoms with Crippen LogP contribution in [0.1, 0.15) is 33.6 Å². The number of unbranched alkanes of at least 4 members (excludes halogenated alkanes) is 1. The Hall–Kier alpha value is -1.98. The molecule has 6 nitrogen and oxygen atoms in total. The van der Waals surface area contributed by atoms with Crippen molar-refractivity contribution >= 4 is 17.6 Å². The van der Waals surface area contributed by atoms with E-state index in [2.05, 4.69) is 30.7 Å². The van der Waals surface area contributed by atoms with Crippen LogP contribution < -0.4 is 10.6 Å². The molecule has 0 spiro atoms. The lowest BCUT2D eigenvalue weighted by Gasteiger charge is -2.47. The summed E-state index contributed by atoms with van der Waals surface area (Å²) in [5.41, 5.74) is 6.49. The minimum absolute atomic E-state index is 0.181.